The van der Waals surface area contributed by atoms with Crippen LogP contribution in [-0.4, -0.2) is 5.17 Å². The van der Waals surface area contributed by atoms with Gasteiger partial charge in [-0.25, -0.2) is 4.99 Å². The van der Waals surface area contributed by atoms with Crippen LogP contribution in [0.5, 0.6) is 0 Å². The van der Waals surface area contributed by atoms with Crippen molar-refractivity contribution in [2.75, 3.05) is 0 Å². The van der Waals surface area contributed by atoms with Gasteiger partial charge < -0.3 is 0 Å². The molecule has 1 fully saturated rings. The number of para-hydroxylation sites is 1. The Hall–Kier alpha value is -0.820. The van der Waals surface area contributed by atoms with Crippen LogP contribution >= 0.6 is 11.6 Å². The van der Waals surface area contributed by atoms with Gasteiger partial charge in [0.2, 0.25) is 0 Å². The summed E-state index contributed by atoms with van der Waals surface area (Å²) in [5.74, 6) is 0.501. The molecular weight excluding hydrogens is 206 g/mol. The van der Waals surface area contributed by atoms with Gasteiger partial charge in [-0.3, -0.25) is 0 Å². The van der Waals surface area contributed by atoms with Crippen molar-refractivity contribution in [2.24, 2.45) is 10.9 Å². The van der Waals surface area contributed by atoms with Crippen molar-refractivity contribution < 1.29 is 0 Å². The topological polar surface area (TPSA) is 12.4 Å². The van der Waals surface area contributed by atoms with Gasteiger partial charge in [-0.1, -0.05) is 49.1 Å². The standard InChI is InChI=1S/C13H16ClN/c14-13(11-7-3-1-4-8-11)15-12-9-5-2-6-10-12/h2,5-6,9-11H,1,3-4,7-8H2. The molecule has 0 spiro atoms. The highest BCUT2D eigenvalue weighted by atomic mass is 35.5. The van der Waals surface area contributed by atoms with Crippen LogP contribution in [-0.2, 0) is 0 Å². The van der Waals surface area contributed by atoms with Gasteiger partial charge >= 0.3 is 0 Å². The molecule has 0 heterocycles. The Kier molecular flexibility index (Phi) is 3.79. The summed E-state index contributed by atoms with van der Waals surface area (Å²) >= 11 is 6.24. The monoisotopic (exact) mass is 221 g/mol. The first-order valence-corrected chi connectivity index (χ1v) is 6.03. The molecule has 0 radical (unpaired) electrons. The molecule has 1 aliphatic rings. The molecule has 0 bridgehead atoms. The summed E-state index contributed by atoms with van der Waals surface area (Å²) < 4.78 is 0. The summed E-state index contributed by atoms with van der Waals surface area (Å²) in [6, 6.07) is 9.96. The fourth-order valence-electron chi connectivity index (χ4n) is 2.06. The van der Waals surface area contributed by atoms with E-state index in [0.29, 0.717) is 5.92 Å². The zero-order chi connectivity index (χ0) is 10.5. The van der Waals surface area contributed by atoms with Gasteiger partial charge in [-0.2, -0.15) is 0 Å². The smallest absolute Gasteiger partial charge is 0.110 e. The SMILES string of the molecule is ClC(=Nc1ccccc1)C1CCCCC1. The van der Waals surface area contributed by atoms with E-state index in [0.717, 1.165) is 10.9 Å². The molecule has 0 amide bonds. The third-order valence-electron chi connectivity index (χ3n) is 2.93. The Morgan fingerprint density at radius 1 is 1.07 bits per heavy atom. The van der Waals surface area contributed by atoms with E-state index < -0.39 is 0 Å². The van der Waals surface area contributed by atoms with Gasteiger partial charge in [0.05, 0.1) is 5.69 Å². The molecule has 0 unspecified atom stereocenters. The van der Waals surface area contributed by atoms with Crippen molar-refractivity contribution in [3.8, 4) is 0 Å². The van der Waals surface area contributed by atoms with Crippen molar-refractivity contribution in [1.29, 1.82) is 0 Å². The number of benzene rings is 1. The molecule has 1 saturated carbocycles. The Morgan fingerprint density at radius 2 is 1.73 bits per heavy atom. The molecule has 1 nitrogen and oxygen atoms in total. The second-order valence-corrected chi connectivity index (χ2v) is 4.49. The molecule has 2 heteroatoms. The highest BCUT2D eigenvalue weighted by Gasteiger charge is 2.17. The number of halogens is 1. The lowest BCUT2D eigenvalue weighted by molar-refractivity contribution is 0.443. The molecule has 0 aromatic heterocycles. The second kappa shape index (κ2) is 5.32. The summed E-state index contributed by atoms with van der Waals surface area (Å²) in [4.78, 5) is 4.46. The van der Waals surface area contributed by atoms with Crippen molar-refractivity contribution in [1.82, 2.24) is 0 Å². The minimum Gasteiger partial charge on any atom is -0.241 e. The first-order chi connectivity index (χ1) is 7.36. The van der Waals surface area contributed by atoms with Crippen LogP contribution in [0, 0.1) is 5.92 Å². The molecule has 1 aliphatic carbocycles. The van der Waals surface area contributed by atoms with Crippen molar-refractivity contribution in [2.45, 2.75) is 32.1 Å². The Bertz CT molecular complexity index is 326. The molecule has 0 aliphatic heterocycles. The lowest BCUT2D eigenvalue weighted by atomic mass is 9.90. The normalized spacial score (nSPS) is 19.1. The zero-order valence-corrected chi connectivity index (χ0v) is 9.58. The van der Waals surface area contributed by atoms with E-state index in [9.17, 15) is 0 Å². The molecule has 0 saturated heterocycles. The van der Waals surface area contributed by atoms with E-state index in [2.05, 4.69) is 4.99 Å². The van der Waals surface area contributed by atoms with E-state index >= 15 is 0 Å². The highest BCUT2D eigenvalue weighted by molar-refractivity contribution is 6.66. The molecule has 2 rings (SSSR count). The van der Waals surface area contributed by atoms with Gasteiger partial charge in [-0.05, 0) is 25.0 Å². The Morgan fingerprint density at radius 3 is 2.40 bits per heavy atom. The predicted octanol–water partition coefficient (Wildman–Crippen LogP) is 4.54. The number of hydrogen-bond acceptors (Lipinski definition) is 1. The number of nitrogens with zero attached hydrogens (tertiary/aromatic N) is 1. The van der Waals surface area contributed by atoms with Gasteiger partial charge in [0.15, 0.2) is 0 Å². The minimum absolute atomic E-state index is 0.501. The molecule has 15 heavy (non-hydrogen) atoms. The third kappa shape index (κ3) is 3.07. The lowest BCUT2D eigenvalue weighted by Crippen LogP contribution is -2.12. The average molecular weight is 222 g/mol. The highest BCUT2D eigenvalue weighted by Crippen LogP contribution is 2.27. The zero-order valence-electron chi connectivity index (χ0n) is 8.82. The van der Waals surface area contributed by atoms with Crippen LogP contribution in [0.3, 0.4) is 0 Å². The summed E-state index contributed by atoms with van der Waals surface area (Å²) in [6.45, 7) is 0. The second-order valence-electron chi connectivity index (χ2n) is 4.11. The molecule has 80 valence electrons. The van der Waals surface area contributed by atoms with Gasteiger partial charge in [0, 0.05) is 5.92 Å². The lowest BCUT2D eigenvalue weighted by Gasteiger charge is -2.19. The quantitative estimate of drug-likeness (QED) is 0.651. The van der Waals surface area contributed by atoms with Crippen molar-refractivity contribution in [3.63, 3.8) is 0 Å². The molecule has 1 aromatic carbocycles. The summed E-state index contributed by atoms with van der Waals surface area (Å²) in [5, 5.41) is 0.793. The summed E-state index contributed by atoms with van der Waals surface area (Å²) in [6.07, 6.45) is 6.35. The molecule has 1 aromatic rings. The Balaban J connectivity index is 2.06. The fourth-order valence-corrected chi connectivity index (χ4v) is 2.37. The van der Waals surface area contributed by atoms with Crippen LogP contribution in [0.4, 0.5) is 5.69 Å². The number of hydrogen-bond donors (Lipinski definition) is 0. The van der Waals surface area contributed by atoms with E-state index in [1.165, 1.54) is 32.1 Å². The van der Waals surface area contributed by atoms with E-state index in [4.69, 9.17) is 11.6 Å². The Labute approximate surface area is 96.2 Å². The van der Waals surface area contributed by atoms with E-state index in [-0.39, 0.29) is 0 Å². The van der Waals surface area contributed by atoms with Crippen molar-refractivity contribution in [3.05, 3.63) is 30.3 Å². The molecular formula is C13H16ClN. The molecule has 0 atom stereocenters. The number of rotatable bonds is 2. The van der Waals surface area contributed by atoms with Crippen LogP contribution in [0.1, 0.15) is 32.1 Å². The third-order valence-corrected chi connectivity index (χ3v) is 3.33. The van der Waals surface area contributed by atoms with Crippen LogP contribution in [0.25, 0.3) is 0 Å². The van der Waals surface area contributed by atoms with Crippen LogP contribution in [0.2, 0.25) is 0 Å². The maximum absolute atomic E-state index is 6.24. The minimum atomic E-state index is 0.501. The predicted molar refractivity (Wildman–Crippen MR) is 66.0 cm³/mol. The molecule has 0 N–H and O–H groups in total. The summed E-state index contributed by atoms with van der Waals surface area (Å²) in [5.41, 5.74) is 0.966. The van der Waals surface area contributed by atoms with Crippen molar-refractivity contribution >= 4 is 22.5 Å². The van der Waals surface area contributed by atoms with Gasteiger partial charge in [0.25, 0.3) is 0 Å². The maximum atomic E-state index is 6.24. The van der Waals surface area contributed by atoms with E-state index in [1.807, 2.05) is 30.3 Å². The van der Waals surface area contributed by atoms with E-state index in [1.54, 1.807) is 0 Å². The average Bonchev–Trinajstić information content (AvgIpc) is 2.31. The van der Waals surface area contributed by atoms with Gasteiger partial charge in [0.1, 0.15) is 5.17 Å². The number of aliphatic imine (C=N–C) groups is 1. The maximum Gasteiger partial charge on any atom is 0.110 e. The van der Waals surface area contributed by atoms with Gasteiger partial charge in [-0.15, -0.1) is 0 Å². The first kappa shape index (κ1) is 10.7. The first-order valence-electron chi connectivity index (χ1n) is 5.65. The largest absolute Gasteiger partial charge is 0.241 e. The summed E-state index contributed by atoms with van der Waals surface area (Å²) in [7, 11) is 0. The fraction of sp³-hybridized carbons (Fsp3) is 0.462. The van der Waals surface area contributed by atoms with Crippen LogP contribution < -0.4 is 0 Å². The van der Waals surface area contributed by atoms with Crippen LogP contribution in [0.15, 0.2) is 35.3 Å².